The number of alkyl halides is 1. The van der Waals surface area contributed by atoms with Gasteiger partial charge in [0.15, 0.2) is 0 Å². The van der Waals surface area contributed by atoms with E-state index >= 15 is 0 Å². The van der Waals surface area contributed by atoms with Gasteiger partial charge in [0.25, 0.3) is 0 Å². The molecule has 1 aliphatic rings. The largest absolute Gasteiger partial charge is 0.377 e. The van der Waals surface area contributed by atoms with Gasteiger partial charge in [0.1, 0.15) is 0 Å². The van der Waals surface area contributed by atoms with Crippen LogP contribution in [0.2, 0.25) is 0 Å². The normalized spacial score (nSPS) is 28.7. The molecule has 2 heteroatoms. The van der Waals surface area contributed by atoms with E-state index in [1.807, 2.05) is 6.07 Å². The van der Waals surface area contributed by atoms with Crippen LogP contribution in [-0.4, -0.2) is 18.1 Å². The standard InChI is InChI=1S/C13H17ClO/c1-10(11-5-3-2-4-6-11)13-9-12(14)7-8-15-13/h2-6,10,12-13H,7-9H2,1H3. The lowest BCUT2D eigenvalue weighted by Gasteiger charge is -2.30. The first-order valence-corrected chi connectivity index (χ1v) is 6.01. The van der Waals surface area contributed by atoms with Crippen LogP contribution < -0.4 is 0 Å². The van der Waals surface area contributed by atoms with Crippen LogP contribution >= 0.6 is 11.6 Å². The second-order valence-corrected chi connectivity index (χ2v) is 4.85. The number of hydrogen-bond donors (Lipinski definition) is 0. The Bertz CT molecular complexity index is 299. The average molecular weight is 225 g/mol. The van der Waals surface area contributed by atoms with Crippen LogP contribution in [0.4, 0.5) is 0 Å². The van der Waals surface area contributed by atoms with E-state index in [1.54, 1.807) is 0 Å². The molecule has 2 rings (SSSR count). The topological polar surface area (TPSA) is 9.23 Å². The summed E-state index contributed by atoms with van der Waals surface area (Å²) in [5.41, 5.74) is 1.34. The molecule has 3 atom stereocenters. The molecular weight excluding hydrogens is 208 g/mol. The SMILES string of the molecule is CC(c1ccccc1)C1CC(Cl)CCO1. The van der Waals surface area contributed by atoms with Gasteiger partial charge in [-0.1, -0.05) is 37.3 Å². The summed E-state index contributed by atoms with van der Waals surface area (Å²) in [4.78, 5) is 0. The molecule has 1 aromatic carbocycles. The summed E-state index contributed by atoms with van der Waals surface area (Å²) in [5.74, 6) is 0.438. The summed E-state index contributed by atoms with van der Waals surface area (Å²) in [6.45, 7) is 3.02. The first-order chi connectivity index (χ1) is 7.27. The predicted molar refractivity (Wildman–Crippen MR) is 63.5 cm³/mol. The molecule has 1 fully saturated rings. The summed E-state index contributed by atoms with van der Waals surface area (Å²) in [6.07, 6.45) is 2.24. The lowest BCUT2D eigenvalue weighted by molar-refractivity contribution is 0.00421. The molecule has 15 heavy (non-hydrogen) atoms. The van der Waals surface area contributed by atoms with Crippen molar-refractivity contribution in [2.45, 2.75) is 37.2 Å². The van der Waals surface area contributed by atoms with Crippen molar-refractivity contribution in [3.63, 3.8) is 0 Å². The fraction of sp³-hybridized carbons (Fsp3) is 0.538. The summed E-state index contributed by atoms with van der Waals surface area (Å²) in [7, 11) is 0. The Kier molecular flexibility index (Phi) is 3.66. The monoisotopic (exact) mass is 224 g/mol. The zero-order valence-corrected chi connectivity index (χ0v) is 9.78. The van der Waals surface area contributed by atoms with Gasteiger partial charge in [-0.25, -0.2) is 0 Å². The fourth-order valence-corrected chi connectivity index (χ4v) is 2.37. The van der Waals surface area contributed by atoms with Crippen LogP contribution in [0.1, 0.15) is 31.2 Å². The second-order valence-electron chi connectivity index (χ2n) is 4.23. The molecular formula is C13H17ClO. The lowest BCUT2D eigenvalue weighted by Crippen LogP contribution is -2.30. The molecule has 0 aromatic heterocycles. The minimum atomic E-state index is 0.281. The highest BCUT2D eigenvalue weighted by molar-refractivity contribution is 6.20. The molecule has 0 amide bonds. The maximum atomic E-state index is 6.16. The first kappa shape index (κ1) is 11.0. The molecule has 3 unspecified atom stereocenters. The van der Waals surface area contributed by atoms with Crippen LogP contribution in [-0.2, 0) is 4.74 Å². The molecule has 0 saturated carbocycles. The zero-order valence-electron chi connectivity index (χ0n) is 9.03. The maximum absolute atomic E-state index is 6.16. The molecule has 1 aromatic rings. The highest BCUT2D eigenvalue weighted by Crippen LogP contribution is 2.29. The second kappa shape index (κ2) is 5.00. The molecule has 0 spiro atoms. The Balaban J connectivity index is 2.04. The van der Waals surface area contributed by atoms with Crippen LogP contribution in [0.15, 0.2) is 30.3 Å². The van der Waals surface area contributed by atoms with Crippen molar-refractivity contribution >= 4 is 11.6 Å². The Hall–Kier alpha value is -0.530. The van der Waals surface area contributed by atoms with Gasteiger partial charge >= 0.3 is 0 Å². The molecule has 0 radical (unpaired) electrons. The van der Waals surface area contributed by atoms with Gasteiger partial charge in [-0.05, 0) is 18.4 Å². The summed E-state index contributed by atoms with van der Waals surface area (Å²) in [5, 5.41) is 0.287. The van der Waals surface area contributed by atoms with Crippen LogP contribution in [0, 0.1) is 0 Å². The van der Waals surface area contributed by atoms with Crippen molar-refractivity contribution in [2.75, 3.05) is 6.61 Å². The molecule has 82 valence electrons. The van der Waals surface area contributed by atoms with E-state index in [0.29, 0.717) is 5.92 Å². The van der Waals surface area contributed by atoms with Crippen LogP contribution in [0.5, 0.6) is 0 Å². The third-order valence-corrected chi connectivity index (χ3v) is 3.53. The Morgan fingerprint density at radius 1 is 1.33 bits per heavy atom. The number of ether oxygens (including phenoxy) is 1. The van der Waals surface area contributed by atoms with Gasteiger partial charge in [-0.2, -0.15) is 0 Å². The number of hydrogen-bond acceptors (Lipinski definition) is 1. The predicted octanol–water partition coefficient (Wildman–Crippen LogP) is 3.58. The number of halogens is 1. The van der Waals surface area contributed by atoms with E-state index in [9.17, 15) is 0 Å². The van der Waals surface area contributed by atoms with E-state index in [-0.39, 0.29) is 11.5 Å². The Labute approximate surface area is 96.4 Å². The molecule has 0 bridgehead atoms. The first-order valence-electron chi connectivity index (χ1n) is 5.58. The number of benzene rings is 1. The highest BCUT2D eigenvalue weighted by Gasteiger charge is 2.26. The number of rotatable bonds is 2. The van der Waals surface area contributed by atoms with Gasteiger partial charge in [-0.15, -0.1) is 11.6 Å². The summed E-state index contributed by atoms with van der Waals surface area (Å²) in [6, 6.07) is 10.5. The van der Waals surface area contributed by atoms with Gasteiger partial charge in [0.2, 0.25) is 0 Å². The van der Waals surface area contributed by atoms with Crippen molar-refractivity contribution in [2.24, 2.45) is 0 Å². The minimum Gasteiger partial charge on any atom is -0.377 e. The smallest absolute Gasteiger partial charge is 0.0655 e. The maximum Gasteiger partial charge on any atom is 0.0655 e. The third-order valence-electron chi connectivity index (χ3n) is 3.13. The summed E-state index contributed by atoms with van der Waals surface area (Å²) < 4.78 is 5.78. The van der Waals surface area contributed by atoms with Gasteiger partial charge in [0, 0.05) is 17.9 Å². The van der Waals surface area contributed by atoms with E-state index in [0.717, 1.165) is 19.4 Å². The Morgan fingerprint density at radius 2 is 2.07 bits per heavy atom. The molecule has 0 N–H and O–H groups in total. The quantitative estimate of drug-likeness (QED) is 0.698. The van der Waals surface area contributed by atoms with Crippen molar-refractivity contribution in [1.29, 1.82) is 0 Å². The molecule has 0 aliphatic carbocycles. The molecule has 1 saturated heterocycles. The lowest BCUT2D eigenvalue weighted by atomic mass is 9.91. The average Bonchev–Trinajstić information content (AvgIpc) is 2.29. The summed E-state index contributed by atoms with van der Waals surface area (Å²) >= 11 is 6.16. The van der Waals surface area contributed by atoms with Gasteiger partial charge in [0.05, 0.1) is 6.10 Å². The van der Waals surface area contributed by atoms with Crippen LogP contribution in [0.25, 0.3) is 0 Å². The fourth-order valence-electron chi connectivity index (χ4n) is 2.10. The Morgan fingerprint density at radius 3 is 2.73 bits per heavy atom. The molecule has 1 nitrogen and oxygen atoms in total. The molecule has 1 heterocycles. The van der Waals surface area contributed by atoms with Crippen molar-refractivity contribution in [1.82, 2.24) is 0 Å². The molecule has 1 aliphatic heterocycles. The van der Waals surface area contributed by atoms with Crippen LogP contribution in [0.3, 0.4) is 0 Å². The van der Waals surface area contributed by atoms with Gasteiger partial charge < -0.3 is 4.74 Å². The van der Waals surface area contributed by atoms with E-state index in [1.165, 1.54) is 5.56 Å². The van der Waals surface area contributed by atoms with Crippen molar-refractivity contribution in [3.8, 4) is 0 Å². The zero-order chi connectivity index (χ0) is 10.7. The van der Waals surface area contributed by atoms with Crippen molar-refractivity contribution < 1.29 is 4.74 Å². The van der Waals surface area contributed by atoms with Gasteiger partial charge in [-0.3, -0.25) is 0 Å². The van der Waals surface area contributed by atoms with E-state index in [4.69, 9.17) is 16.3 Å². The highest BCUT2D eigenvalue weighted by atomic mass is 35.5. The van der Waals surface area contributed by atoms with E-state index in [2.05, 4.69) is 31.2 Å². The van der Waals surface area contributed by atoms with Crippen molar-refractivity contribution in [3.05, 3.63) is 35.9 Å². The van der Waals surface area contributed by atoms with E-state index < -0.39 is 0 Å². The minimum absolute atomic E-state index is 0.281. The third kappa shape index (κ3) is 2.73.